The third kappa shape index (κ3) is 3.45. The van der Waals surface area contributed by atoms with Gasteiger partial charge in [-0.15, -0.1) is 0 Å². The van der Waals surface area contributed by atoms with Gasteiger partial charge in [0.1, 0.15) is 22.4 Å². The Hall–Kier alpha value is -3.95. The number of hydrogen-bond acceptors (Lipinski definition) is 5. The van der Waals surface area contributed by atoms with E-state index in [2.05, 4.69) is 26.3 Å². The van der Waals surface area contributed by atoms with Crippen LogP contribution in [0.3, 0.4) is 0 Å². The molecule has 150 valence electrons. The molecule has 0 unspecified atom stereocenters. The summed E-state index contributed by atoms with van der Waals surface area (Å²) in [7, 11) is 1.66. The van der Waals surface area contributed by atoms with E-state index in [4.69, 9.17) is 4.74 Å². The van der Waals surface area contributed by atoms with Crippen LogP contribution < -0.4 is 9.64 Å². The minimum absolute atomic E-state index is 0.504. The third-order valence-corrected chi connectivity index (χ3v) is 6.03. The highest BCUT2D eigenvalue weighted by Gasteiger charge is 2.29. The quantitative estimate of drug-likeness (QED) is 0.408. The Morgan fingerprint density at radius 2 is 1.74 bits per heavy atom. The number of aromatic amines is 1. The number of para-hydroxylation sites is 3. The van der Waals surface area contributed by atoms with E-state index >= 15 is 0 Å². The van der Waals surface area contributed by atoms with Crippen LogP contribution >= 0.6 is 11.8 Å². The van der Waals surface area contributed by atoms with E-state index in [1.54, 1.807) is 7.11 Å². The number of fused-ring (bicyclic) bond motifs is 1. The molecule has 2 heterocycles. The van der Waals surface area contributed by atoms with Gasteiger partial charge in [0.2, 0.25) is 0 Å². The van der Waals surface area contributed by atoms with Crippen molar-refractivity contribution in [2.45, 2.75) is 0 Å². The molecule has 1 aliphatic heterocycles. The standard InChI is InChI=1S/C25H18N4OS/c1-30-19-13-11-17(12-14-19)23-16-31-25(29(23)18-7-3-2-4-8-18)20(15-26)24-27-21-9-5-6-10-22(21)28-24/h2-14,16H,1H3,(H,27,28)/b25-20-. The molecule has 0 saturated heterocycles. The van der Waals surface area contributed by atoms with Crippen molar-refractivity contribution in [1.29, 1.82) is 5.26 Å². The number of allylic oxidation sites excluding steroid dienone is 1. The van der Waals surface area contributed by atoms with Crippen molar-refractivity contribution in [3.63, 3.8) is 0 Å². The average molecular weight is 423 g/mol. The van der Waals surface area contributed by atoms with E-state index in [9.17, 15) is 5.26 Å². The predicted octanol–water partition coefficient (Wildman–Crippen LogP) is 6.02. The number of nitriles is 1. The van der Waals surface area contributed by atoms with Crippen LogP contribution in [-0.2, 0) is 0 Å². The topological polar surface area (TPSA) is 64.9 Å². The van der Waals surface area contributed by atoms with Gasteiger partial charge in [-0.2, -0.15) is 5.26 Å². The maximum Gasteiger partial charge on any atom is 0.151 e. The van der Waals surface area contributed by atoms with E-state index in [-0.39, 0.29) is 0 Å². The van der Waals surface area contributed by atoms with Crippen molar-refractivity contribution in [3.8, 4) is 11.8 Å². The molecule has 0 saturated carbocycles. The Bertz CT molecular complexity index is 1310. The summed E-state index contributed by atoms with van der Waals surface area (Å²) in [5, 5.41) is 13.0. The molecule has 0 fully saturated rings. The van der Waals surface area contributed by atoms with Crippen molar-refractivity contribution in [1.82, 2.24) is 9.97 Å². The Morgan fingerprint density at radius 3 is 2.45 bits per heavy atom. The minimum atomic E-state index is 0.504. The van der Waals surface area contributed by atoms with Crippen molar-refractivity contribution in [2.75, 3.05) is 12.0 Å². The van der Waals surface area contributed by atoms with Crippen LogP contribution in [0.1, 0.15) is 11.4 Å². The molecule has 5 rings (SSSR count). The summed E-state index contributed by atoms with van der Waals surface area (Å²) in [6, 6.07) is 28.2. The number of H-pyrrole nitrogens is 1. The lowest BCUT2D eigenvalue weighted by Crippen LogP contribution is -2.17. The number of anilines is 1. The number of imidazole rings is 1. The van der Waals surface area contributed by atoms with E-state index in [0.29, 0.717) is 11.4 Å². The molecule has 5 nitrogen and oxygen atoms in total. The van der Waals surface area contributed by atoms with Crippen LogP contribution in [0.2, 0.25) is 0 Å². The molecule has 1 aliphatic rings. The fraction of sp³-hybridized carbons (Fsp3) is 0.0400. The second-order valence-corrected chi connectivity index (χ2v) is 7.77. The zero-order chi connectivity index (χ0) is 21.2. The number of nitrogens with zero attached hydrogens (tertiary/aromatic N) is 3. The molecular weight excluding hydrogens is 404 g/mol. The van der Waals surface area contributed by atoms with Gasteiger partial charge in [-0.3, -0.25) is 0 Å². The highest BCUT2D eigenvalue weighted by Crippen LogP contribution is 2.46. The second kappa shape index (κ2) is 8.05. The van der Waals surface area contributed by atoms with Crippen LogP contribution in [0.4, 0.5) is 5.69 Å². The lowest BCUT2D eigenvalue weighted by molar-refractivity contribution is 0.415. The van der Waals surface area contributed by atoms with Gasteiger partial charge in [-0.25, -0.2) is 4.98 Å². The Labute approximate surface area is 184 Å². The first-order chi connectivity index (χ1) is 15.3. The molecule has 0 bridgehead atoms. The summed E-state index contributed by atoms with van der Waals surface area (Å²) in [6.07, 6.45) is 0. The van der Waals surface area contributed by atoms with E-state index < -0.39 is 0 Å². The molecule has 0 aliphatic carbocycles. The number of rotatable bonds is 4. The first-order valence-corrected chi connectivity index (χ1v) is 10.6. The van der Waals surface area contributed by atoms with Gasteiger partial charge in [0, 0.05) is 11.1 Å². The molecular formula is C25H18N4OS. The van der Waals surface area contributed by atoms with Crippen molar-refractivity contribution in [2.24, 2.45) is 0 Å². The van der Waals surface area contributed by atoms with Gasteiger partial charge < -0.3 is 14.6 Å². The van der Waals surface area contributed by atoms with Crippen molar-refractivity contribution >= 4 is 39.8 Å². The largest absolute Gasteiger partial charge is 0.497 e. The molecule has 0 atom stereocenters. The summed E-state index contributed by atoms with van der Waals surface area (Å²) in [5.74, 6) is 1.37. The highest BCUT2D eigenvalue weighted by molar-refractivity contribution is 8.06. The zero-order valence-electron chi connectivity index (χ0n) is 16.7. The maximum absolute atomic E-state index is 10.1. The monoisotopic (exact) mass is 422 g/mol. The molecule has 0 radical (unpaired) electrons. The van der Waals surface area contributed by atoms with E-state index in [1.165, 1.54) is 11.8 Å². The molecule has 0 spiro atoms. The molecule has 1 N–H and O–H groups in total. The van der Waals surface area contributed by atoms with Crippen LogP contribution in [0.5, 0.6) is 5.75 Å². The number of thioether (sulfide) groups is 1. The number of nitrogens with one attached hydrogen (secondary N) is 1. The minimum Gasteiger partial charge on any atom is -0.497 e. The molecule has 31 heavy (non-hydrogen) atoms. The Kier molecular flexibility index (Phi) is 4.95. The van der Waals surface area contributed by atoms with Gasteiger partial charge in [0.15, 0.2) is 5.82 Å². The summed E-state index contributed by atoms with van der Waals surface area (Å²) in [5.41, 5.74) is 5.26. The first-order valence-electron chi connectivity index (χ1n) is 9.74. The number of ether oxygens (including phenoxy) is 1. The molecule has 3 aromatic carbocycles. The van der Waals surface area contributed by atoms with E-state index in [0.717, 1.165) is 38.8 Å². The summed E-state index contributed by atoms with van der Waals surface area (Å²) in [4.78, 5) is 10.1. The lowest BCUT2D eigenvalue weighted by Gasteiger charge is -2.24. The zero-order valence-corrected chi connectivity index (χ0v) is 17.6. The van der Waals surface area contributed by atoms with Gasteiger partial charge in [-0.05, 0) is 54.1 Å². The van der Waals surface area contributed by atoms with Crippen molar-refractivity contribution in [3.05, 3.63) is 101 Å². The average Bonchev–Trinajstić information content (AvgIpc) is 3.45. The van der Waals surface area contributed by atoms with Crippen LogP contribution in [0.15, 0.2) is 89.3 Å². The summed E-state index contributed by atoms with van der Waals surface area (Å²) < 4.78 is 5.30. The van der Waals surface area contributed by atoms with Crippen LogP contribution in [0.25, 0.3) is 22.3 Å². The maximum atomic E-state index is 10.1. The second-order valence-electron chi connectivity index (χ2n) is 6.91. The molecule has 4 aromatic rings. The van der Waals surface area contributed by atoms with Gasteiger partial charge in [0.25, 0.3) is 0 Å². The number of methoxy groups -OCH3 is 1. The smallest absolute Gasteiger partial charge is 0.151 e. The Morgan fingerprint density at radius 1 is 1.00 bits per heavy atom. The SMILES string of the molecule is COc1ccc(C2=CS/C(=C(/C#N)c3nc4ccccc4[nH]3)N2c2ccccc2)cc1. The van der Waals surface area contributed by atoms with E-state index in [1.807, 2.05) is 78.9 Å². The van der Waals surface area contributed by atoms with Crippen LogP contribution in [0, 0.1) is 11.3 Å². The number of benzene rings is 3. The lowest BCUT2D eigenvalue weighted by atomic mass is 10.1. The van der Waals surface area contributed by atoms with Gasteiger partial charge in [0.05, 0.1) is 23.8 Å². The van der Waals surface area contributed by atoms with Gasteiger partial charge in [-0.1, -0.05) is 42.1 Å². The normalized spacial score (nSPS) is 15.0. The molecule has 0 amide bonds. The highest BCUT2D eigenvalue weighted by atomic mass is 32.2. The Balaban J connectivity index is 1.65. The fourth-order valence-corrected chi connectivity index (χ4v) is 4.60. The number of aromatic nitrogens is 2. The predicted molar refractivity (Wildman–Crippen MR) is 126 cm³/mol. The van der Waals surface area contributed by atoms with Gasteiger partial charge >= 0.3 is 0 Å². The first kappa shape index (κ1) is 19.0. The molecule has 1 aromatic heterocycles. The summed E-state index contributed by atoms with van der Waals surface area (Å²) in [6.45, 7) is 0. The molecule has 6 heteroatoms. The fourth-order valence-electron chi connectivity index (χ4n) is 3.56. The van der Waals surface area contributed by atoms with Crippen LogP contribution in [-0.4, -0.2) is 17.1 Å². The number of hydrogen-bond donors (Lipinski definition) is 1. The van der Waals surface area contributed by atoms with Crippen molar-refractivity contribution < 1.29 is 4.74 Å². The summed E-state index contributed by atoms with van der Waals surface area (Å²) >= 11 is 1.53. The third-order valence-electron chi connectivity index (χ3n) is 5.08.